The molecule has 1 aromatic rings. The number of ketones is 1. The van der Waals surface area contributed by atoms with Crippen molar-refractivity contribution in [2.75, 3.05) is 6.61 Å². The van der Waals surface area contributed by atoms with E-state index in [1.807, 2.05) is 24.3 Å². The fourth-order valence-electron chi connectivity index (χ4n) is 1.55. The molecule has 0 aliphatic heterocycles. The Kier molecular flexibility index (Phi) is 6.00. The Balaban J connectivity index is 2.86. The maximum Gasteiger partial charge on any atom is 0.302 e. The molecule has 0 amide bonds. The van der Waals surface area contributed by atoms with Crippen molar-refractivity contribution in [1.29, 1.82) is 0 Å². The maximum absolute atomic E-state index is 12.3. The topological polar surface area (TPSA) is 43.4 Å². The molecule has 0 aliphatic carbocycles. The Bertz CT molecular complexity index is 458. The Hall–Kier alpha value is -1.90. The third kappa shape index (κ3) is 5.51. The number of benzene rings is 1. The van der Waals surface area contributed by atoms with Gasteiger partial charge in [-0.1, -0.05) is 50.3 Å². The van der Waals surface area contributed by atoms with Crippen LogP contribution in [0.2, 0.25) is 0 Å². The van der Waals surface area contributed by atoms with E-state index in [9.17, 15) is 9.59 Å². The molecule has 0 saturated heterocycles. The van der Waals surface area contributed by atoms with Crippen molar-refractivity contribution in [2.45, 2.75) is 27.2 Å². The minimum Gasteiger partial charge on any atom is -0.461 e. The summed E-state index contributed by atoms with van der Waals surface area (Å²) in [5, 5.41) is 0. The van der Waals surface area contributed by atoms with E-state index in [1.54, 1.807) is 12.1 Å². The van der Waals surface area contributed by atoms with Crippen LogP contribution >= 0.6 is 0 Å². The van der Waals surface area contributed by atoms with Crippen LogP contribution in [0.3, 0.4) is 0 Å². The molecule has 19 heavy (non-hydrogen) atoms. The van der Waals surface area contributed by atoms with Crippen LogP contribution < -0.4 is 0 Å². The van der Waals surface area contributed by atoms with E-state index in [4.69, 9.17) is 4.74 Å². The van der Waals surface area contributed by atoms with Gasteiger partial charge in [-0.3, -0.25) is 9.59 Å². The molecule has 0 bridgehead atoms. The maximum atomic E-state index is 12.3. The minimum absolute atomic E-state index is 0.0375. The molecule has 3 heteroatoms. The molecule has 0 N–H and O–H groups in total. The number of Topliss-reactive ketones (excluding diaryl/α,β-unsaturated/α-hetero) is 1. The lowest BCUT2D eigenvalue weighted by Crippen LogP contribution is -2.12. The average Bonchev–Trinajstić information content (AvgIpc) is 2.38. The summed E-state index contributed by atoms with van der Waals surface area (Å²) in [6.45, 7) is 5.53. The second-order valence-electron chi connectivity index (χ2n) is 4.83. The predicted molar refractivity (Wildman–Crippen MR) is 74.9 cm³/mol. The van der Waals surface area contributed by atoms with E-state index in [0.717, 1.165) is 6.42 Å². The number of hydrogen-bond donors (Lipinski definition) is 0. The smallest absolute Gasteiger partial charge is 0.302 e. The van der Waals surface area contributed by atoms with E-state index in [-0.39, 0.29) is 18.4 Å². The van der Waals surface area contributed by atoms with Gasteiger partial charge in [-0.25, -0.2) is 0 Å². The Labute approximate surface area is 114 Å². The monoisotopic (exact) mass is 260 g/mol. The summed E-state index contributed by atoms with van der Waals surface area (Å²) in [6.07, 6.45) is 2.65. The molecule has 0 saturated carbocycles. The van der Waals surface area contributed by atoms with Crippen molar-refractivity contribution in [1.82, 2.24) is 0 Å². The zero-order valence-corrected chi connectivity index (χ0v) is 11.7. The predicted octanol–water partition coefficient (Wildman–Crippen LogP) is 3.40. The second-order valence-corrected chi connectivity index (χ2v) is 4.83. The fraction of sp³-hybridized carbons (Fsp3) is 0.375. The minimum atomic E-state index is -0.378. The molecule has 102 valence electrons. The van der Waals surface area contributed by atoms with Crippen LogP contribution in [0.1, 0.15) is 37.6 Å². The highest BCUT2D eigenvalue weighted by atomic mass is 16.5. The third-order valence-corrected chi connectivity index (χ3v) is 2.59. The van der Waals surface area contributed by atoms with Gasteiger partial charge in [0.2, 0.25) is 0 Å². The highest BCUT2D eigenvalue weighted by Gasteiger charge is 2.13. The molecule has 0 radical (unpaired) electrons. The summed E-state index contributed by atoms with van der Waals surface area (Å²) in [5.74, 6) is -0.00490. The number of ether oxygens (including phenoxy) is 1. The standard InChI is InChI=1S/C16H20O3/c1-12(2)9-10-15(11-19-13(3)17)16(18)14-7-5-4-6-8-14/h4-8,10,12H,9,11H2,1-3H3/b15-10+. The van der Waals surface area contributed by atoms with Gasteiger partial charge in [-0.2, -0.15) is 0 Å². The summed E-state index contributed by atoms with van der Waals surface area (Å²) >= 11 is 0. The summed E-state index contributed by atoms with van der Waals surface area (Å²) in [4.78, 5) is 23.2. The van der Waals surface area contributed by atoms with Gasteiger partial charge in [0.15, 0.2) is 5.78 Å². The van der Waals surface area contributed by atoms with Crippen LogP contribution in [0.5, 0.6) is 0 Å². The number of hydrogen-bond acceptors (Lipinski definition) is 3. The van der Waals surface area contributed by atoms with Crippen molar-refractivity contribution in [3.8, 4) is 0 Å². The van der Waals surface area contributed by atoms with Crippen molar-refractivity contribution < 1.29 is 14.3 Å². The van der Waals surface area contributed by atoms with Crippen LogP contribution in [0.15, 0.2) is 42.0 Å². The lowest BCUT2D eigenvalue weighted by Gasteiger charge is -2.08. The SMILES string of the molecule is CC(=O)OC/C(=C\CC(C)C)C(=O)c1ccccc1. The molecular weight excluding hydrogens is 240 g/mol. The number of esters is 1. The van der Waals surface area contributed by atoms with Crippen molar-refractivity contribution in [3.63, 3.8) is 0 Å². The molecule has 0 aliphatic rings. The van der Waals surface area contributed by atoms with Gasteiger partial charge in [0.25, 0.3) is 0 Å². The number of carbonyl (C=O) groups excluding carboxylic acids is 2. The third-order valence-electron chi connectivity index (χ3n) is 2.59. The zero-order valence-electron chi connectivity index (χ0n) is 11.7. The first-order valence-electron chi connectivity index (χ1n) is 6.43. The summed E-state index contributed by atoms with van der Waals surface area (Å²) in [5.41, 5.74) is 1.15. The van der Waals surface area contributed by atoms with Crippen LogP contribution in [-0.2, 0) is 9.53 Å². The summed E-state index contributed by atoms with van der Waals surface area (Å²) in [7, 11) is 0. The van der Waals surface area contributed by atoms with Gasteiger partial charge < -0.3 is 4.74 Å². The zero-order chi connectivity index (χ0) is 14.3. The normalized spacial score (nSPS) is 11.5. The number of carbonyl (C=O) groups is 2. The van der Waals surface area contributed by atoms with Gasteiger partial charge in [0, 0.05) is 18.1 Å². The van der Waals surface area contributed by atoms with Gasteiger partial charge >= 0.3 is 5.97 Å². The van der Waals surface area contributed by atoms with Crippen molar-refractivity contribution in [2.24, 2.45) is 5.92 Å². The lowest BCUT2D eigenvalue weighted by molar-refractivity contribution is -0.139. The Morgan fingerprint density at radius 3 is 2.37 bits per heavy atom. The first-order chi connectivity index (χ1) is 9.00. The summed E-state index contributed by atoms with van der Waals surface area (Å²) < 4.78 is 4.95. The van der Waals surface area contributed by atoms with E-state index in [0.29, 0.717) is 17.1 Å². The number of allylic oxidation sites excluding steroid dienone is 1. The molecule has 1 rings (SSSR count). The molecule has 0 spiro atoms. The second kappa shape index (κ2) is 7.52. The Morgan fingerprint density at radius 1 is 1.21 bits per heavy atom. The molecule has 0 atom stereocenters. The van der Waals surface area contributed by atoms with Gasteiger partial charge in [0.1, 0.15) is 6.61 Å². The van der Waals surface area contributed by atoms with Crippen molar-refractivity contribution in [3.05, 3.63) is 47.5 Å². The molecule has 1 aromatic carbocycles. The highest BCUT2D eigenvalue weighted by Crippen LogP contribution is 2.12. The van der Waals surface area contributed by atoms with E-state index < -0.39 is 0 Å². The van der Waals surface area contributed by atoms with Gasteiger partial charge in [0.05, 0.1) is 0 Å². The molecule has 0 heterocycles. The van der Waals surface area contributed by atoms with Crippen LogP contribution in [0.25, 0.3) is 0 Å². The molecule has 3 nitrogen and oxygen atoms in total. The highest BCUT2D eigenvalue weighted by molar-refractivity contribution is 6.08. The van der Waals surface area contributed by atoms with E-state index in [1.165, 1.54) is 6.92 Å². The number of rotatable bonds is 6. The van der Waals surface area contributed by atoms with E-state index >= 15 is 0 Å². The molecule has 0 aromatic heterocycles. The van der Waals surface area contributed by atoms with Crippen molar-refractivity contribution >= 4 is 11.8 Å². The average molecular weight is 260 g/mol. The van der Waals surface area contributed by atoms with Crippen LogP contribution in [-0.4, -0.2) is 18.4 Å². The summed E-state index contributed by atoms with van der Waals surface area (Å²) in [6, 6.07) is 9.03. The van der Waals surface area contributed by atoms with Gasteiger partial charge in [-0.05, 0) is 12.3 Å². The molecule has 0 fully saturated rings. The molecular formula is C16H20O3. The first kappa shape index (κ1) is 15.2. The largest absolute Gasteiger partial charge is 0.461 e. The lowest BCUT2D eigenvalue weighted by atomic mass is 10.0. The van der Waals surface area contributed by atoms with Gasteiger partial charge in [-0.15, -0.1) is 0 Å². The quantitative estimate of drug-likeness (QED) is 0.447. The first-order valence-corrected chi connectivity index (χ1v) is 6.43. The fourth-order valence-corrected chi connectivity index (χ4v) is 1.55. The van der Waals surface area contributed by atoms with E-state index in [2.05, 4.69) is 13.8 Å². The molecule has 0 unspecified atom stereocenters. The Morgan fingerprint density at radius 2 is 1.84 bits per heavy atom. The van der Waals surface area contributed by atoms with Crippen LogP contribution in [0, 0.1) is 5.92 Å². The van der Waals surface area contributed by atoms with Crippen LogP contribution in [0.4, 0.5) is 0 Å².